The van der Waals surface area contributed by atoms with Crippen LogP contribution < -0.4 is 5.32 Å². The van der Waals surface area contributed by atoms with Crippen LogP contribution in [0.2, 0.25) is 0 Å². The third kappa shape index (κ3) is 5.74. The highest BCUT2D eigenvalue weighted by Crippen LogP contribution is 2.22. The first-order chi connectivity index (χ1) is 12.8. The molecule has 0 aliphatic heterocycles. The van der Waals surface area contributed by atoms with Crippen molar-refractivity contribution in [3.05, 3.63) is 81.9 Å². The number of rotatable bonds is 6. The molecule has 1 N–H and O–H groups in total. The van der Waals surface area contributed by atoms with Gasteiger partial charge in [0.05, 0.1) is 5.75 Å². The molecule has 0 bridgehead atoms. The number of anilines is 1. The van der Waals surface area contributed by atoms with Gasteiger partial charge in [0.25, 0.3) is 5.91 Å². The smallest absolute Gasteiger partial charge is 0.257 e. The SMILES string of the molecule is Cc1ccc(Cc2cnc(NC(=O)c3ccc(CS(C)(=O)=O)cc3)s2)cc1. The third-order valence-corrected chi connectivity index (χ3v) is 5.69. The number of sulfone groups is 1. The van der Waals surface area contributed by atoms with E-state index in [0.717, 1.165) is 11.3 Å². The molecule has 140 valence electrons. The van der Waals surface area contributed by atoms with E-state index in [-0.39, 0.29) is 11.7 Å². The van der Waals surface area contributed by atoms with Crippen LogP contribution in [-0.4, -0.2) is 25.6 Å². The third-order valence-electron chi connectivity index (χ3n) is 3.92. The van der Waals surface area contributed by atoms with Gasteiger partial charge in [0.2, 0.25) is 0 Å². The quantitative estimate of drug-likeness (QED) is 0.682. The Balaban J connectivity index is 1.62. The van der Waals surface area contributed by atoms with E-state index in [1.807, 2.05) is 0 Å². The molecule has 7 heteroatoms. The number of carbonyl (C=O) groups is 1. The highest BCUT2D eigenvalue weighted by atomic mass is 32.2. The first kappa shape index (κ1) is 19.3. The molecule has 0 unspecified atom stereocenters. The number of carbonyl (C=O) groups excluding carboxylic acids is 1. The number of benzene rings is 2. The van der Waals surface area contributed by atoms with Crippen LogP contribution in [0, 0.1) is 6.92 Å². The highest BCUT2D eigenvalue weighted by molar-refractivity contribution is 7.89. The molecule has 0 atom stereocenters. The molecule has 1 amide bonds. The highest BCUT2D eigenvalue weighted by Gasteiger charge is 2.11. The van der Waals surface area contributed by atoms with E-state index in [4.69, 9.17) is 0 Å². The first-order valence-electron chi connectivity index (χ1n) is 8.37. The molecule has 1 aromatic heterocycles. The molecule has 2 aromatic carbocycles. The fraction of sp³-hybridized carbons (Fsp3) is 0.200. The van der Waals surface area contributed by atoms with Gasteiger partial charge in [0.15, 0.2) is 15.0 Å². The lowest BCUT2D eigenvalue weighted by atomic mass is 10.1. The Labute approximate surface area is 163 Å². The van der Waals surface area contributed by atoms with E-state index >= 15 is 0 Å². The molecule has 0 saturated heterocycles. The van der Waals surface area contributed by atoms with Gasteiger partial charge in [-0.1, -0.05) is 42.0 Å². The fourth-order valence-electron chi connectivity index (χ4n) is 2.58. The number of aryl methyl sites for hydroxylation is 1. The van der Waals surface area contributed by atoms with E-state index in [2.05, 4.69) is 41.5 Å². The number of aromatic nitrogens is 1. The number of hydrogen-bond donors (Lipinski definition) is 1. The second-order valence-corrected chi connectivity index (χ2v) is 9.77. The molecule has 0 spiro atoms. The Morgan fingerprint density at radius 2 is 1.67 bits per heavy atom. The summed E-state index contributed by atoms with van der Waals surface area (Å²) in [5, 5.41) is 3.34. The summed E-state index contributed by atoms with van der Waals surface area (Å²) >= 11 is 1.44. The van der Waals surface area contributed by atoms with Crippen molar-refractivity contribution in [2.24, 2.45) is 0 Å². The largest absolute Gasteiger partial charge is 0.298 e. The van der Waals surface area contributed by atoms with E-state index in [1.54, 1.807) is 30.5 Å². The van der Waals surface area contributed by atoms with Crippen LogP contribution in [0.15, 0.2) is 54.7 Å². The summed E-state index contributed by atoms with van der Waals surface area (Å²) < 4.78 is 22.6. The molecular formula is C20H20N2O3S2. The minimum Gasteiger partial charge on any atom is -0.298 e. The molecule has 0 aliphatic carbocycles. The minimum atomic E-state index is -3.09. The lowest BCUT2D eigenvalue weighted by molar-refractivity contribution is 0.102. The van der Waals surface area contributed by atoms with Crippen LogP contribution >= 0.6 is 11.3 Å². The topological polar surface area (TPSA) is 76.1 Å². The van der Waals surface area contributed by atoms with E-state index in [9.17, 15) is 13.2 Å². The van der Waals surface area contributed by atoms with E-state index in [0.29, 0.717) is 16.3 Å². The molecule has 0 saturated carbocycles. The molecule has 5 nitrogen and oxygen atoms in total. The van der Waals surface area contributed by atoms with Crippen molar-refractivity contribution in [1.82, 2.24) is 4.98 Å². The standard InChI is InChI=1S/C20H20N2O3S2/c1-14-3-5-15(6-4-14)11-18-12-21-20(26-18)22-19(23)17-9-7-16(8-10-17)13-27(2,24)25/h3-10,12H,11,13H2,1-2H3,(H,21,22,23). The number of nitrogens with zero attached hydrogens (tertiary/aromatic N) is 1. The van der Waals surface area contributed by atoms with Crippen LogP contribution in [0.1, 0.15) is 31.9 Å². The molecule has 0 aliphatic rings. The predicted octanol–water partition coefficient (Wildman–Crippen LogP) is 3.84. The molecule has 0 fully saturated rings. The van der Waals surface area contributed by atoms with Crippen molar-refractivity contribution >= 4 is 32.2 Å². The lowest BCUT2D eigenvalue weighted by Crippen LogP contribution is -2.11. The Bertz CT molecular complexity index is 1040. The summed E-state index contributed by atoms with van der Waals surface area (Å²) in [6.07, 6.45) is 3.73. The maximum Gasteiger partial charge on any atom is 0.257 e. The Hall–Kier alpha value is -2.51. The lowest BCUT2D eigenvalue weighted by Gasteiger charge is -2.04. The van der Waals surface area contributed by atoms with Gasteiger partial charge in [0.1, 0.15) is 0 Å². The second-order valence-electron chi connectivity index (χ2n) is 6.52. The van der Waals surface area contributed by atoms with Crippen LogP contribution in [-0.2, 0) is 22.0 Å². The number of thiazole rings is 1. The van der Waals surface area contributed by atoms with Crippen LogP contribution in [0.5, 0.6) is 0 Å². The normalized spacial score (nSPS) is 11.3. The predicted molar refractivity (Wildman–Crippen MR) is 109 cm³/mol. The summed E-state index contributed by atoms with van der Waals surface area (Å²) in [7, 11) is -3.09. The zero-order valence-electron chi connectivity index (χ0n) is 15.1. The van der Waals surface area contributed by atoms with Gasteiger partial charge in [-0.25, -0.2) is 13.4 Å². The van der Waals surface area contributed by atoms with E-state index < -0.39 is 9.84 Å². The van der Waals surface area contributed by atoms with Gasteiger partial charge < -0.3 is 0 Å². The summed E-state index contributed by atoms with van der Waals surface area (Å²) in [6, 6.07) is 14.9. The molecule has 3 aromatic rings. The number of amides is 1. The van der Waals surface area contributed by atoms with Crippen LogP contribution in [0.3, 0.4) is 0 Å². The summed E-state index contributed by atoms with van der Waals surface area (Å²) in [5.74, 6) is -0.304. The van der Waals surface area contributed by atoms with Crippen molar-refractivity contribution in [1.29, 1.82) is 0 Å². The van der Waals surface area contributed by atoms with Crippen molar-refractivity contribution in [3.8, 4) is 0 Å². The average molecular weight is 401 g/mol. The zero-order valence-corrected chi connectivity index (χ0v) is 16.7. The summed E-state index contributed by atoms with van der Waals surface area (Å²) in [4.78, 5) is 17.7. The van der Waals surface area contributed by atoms with Crippen molar-refractivity contribution < 1.29 is 13.2 Å². The van der Waals surface area contributed by atoms with Crippen molar-refractivity contribution in [3.63, 3.8) is 0 Å². The number of nitrogens with one attached hydrogen (secondary N) is 1. The second kappa shape index (κ2) is 8.02. The van der Waals surface area contributed by atoms with Gasteiger partial charge in [-0.15, -0.1) is 11.3 Å². The van der Waals surface area contributed by atoms with Gasteiger partial charge in [-0.3, -0.25) is 10.1 Å². The Morgan fingerprint density at radius 3 is 2.30 bits per heavy atom. The van der Waals surface area contributed by atoms with Gasteiger partial charge in [-0.05, 0) is 30.2 Å². The Morgan fingerprint density at radius 1 is 1.04 bits per heavy atom. The first-order valence-corrected chi connectivity index (χ1v) is 11.2. The number of hydrogen-bond acceptors (Lipinski definition) is 5. The summed E-state index contributed by atoms with van der Waals surface area (Å²) in [6.45, 7) is 2.05. The van der Waals surface area contributed by atoms with Gasteiger partial charge >= 0.3 is 0 Å². The zero-order chi connectivity index (χ0) is 19.4. The molecule has 0 radical (unpaired) electrons. The van der Waals surface area contributed by atoms with Crippen LogP contribution in [0.25, 0.3) is 0 Å². The van der Waals surface area contributed by atoms with E-state index in [1.165, 1.54) is 28.7 Å². The molecular weight excluding hydrogens is 380 g/mol. The van der Waals surface area contributed by atoms with Crippen LogP contribution in [0.4, 0.5) is 5.13 Å². The monoisotopic (exact) mass is 400 g/mol. The Kier molecular flexibility index (Phi) is 5.72. The van der Waals surface area contributed by atoms with Gasteiger partial charge in [-0.2, -0.15) is 0 Å². The molecule has 1 heterocycles. The van der Waals surface area contributed by atoms with Crippen molar-refractivity contribution in [2.45, 2.75) is 19.1 Å². The average Bonchev–Trinajstić information content (AvgIpc) is 3.03. The molecule has 27 heavy (non-hydrogen) atoms. The fourth-order valence-corrected chi connectivity index (χ4v) is 4.22. The maximum absolute atomic E-state index is 12.4. The van der Waals surface area contributed by atoms with Crippen molar-refractivity contribution in [2.75, 3.05) is 11.6 Å². The summed E-state index contributed by atoms with van der Waals surface area (Å²) in [5.41, 5.74) is 3.54. The molecule has 3 rings (SSSR count). The van der Waals surface area contributed by atoms with Gasteiger partial charge in [0, 0.05) is 29.3 Å². The minimum absolute atomic E-state index is 0.0379. The maximum atomic E-state index is 12.4.